The molecule has 0 saturated carbocycles. The molecule has 18 heavy (non-hydrogen) atoms. The van der Waals surface area contributed by atoms with Crippen molar-refractivity contribution in [2.75, 3.05) is 38.1 Å². The highest BCUT2D eigenvalue weighted by molar-refractivity contribution is 5.42. The Morgan fingerprint density at radius 3 is 3.22 bits per heavy atom. The van der Waals surface area contributed by atoms with Crippen LogP contribution in [0, 0.1) is 0 Å². The van der Waals surface area contributed by atoms with Crippen LogP contribution in [0.2, 0.25) is 0 Å². The van der Waals surface area contributed by atoms with E-state index >= 15 is 0 Å². The van der Waals surface area contributed by atoms with Crippen LogP contribution in [0.1, 0.15) is 18.4 Å². The molecule has 0 amide bonds. The van der Waals surface area contributed by atoms with Crippen molar-refractivity contribution < 1.29 is 0 Å². The van der Waals surface area contributed by atoms with Gasteiger partial charge in [-0.2, -0.15) is 0 Å². The first-order valence-corrected chi connectivity index (χ1v) is 6.95. The highest BCUT2D eigenvalue weighted by Crippen LogP contribution is 2.24. The van der Waals surface area contributed by atoms with Crippen molar-refractivity contribution in [2.24, 2.45) is 0 Å². The van der Waals surface area contributed by atoms with Crippen LogP contribution in [0.3, 0.4) is 0 Å². The van der Waals surface area contributed by atoms with Crippen molar-refractivity contribution in [3.05, 3.63) is 23.9 Å². The van der Waals surface area contributed by atoms with Crippen LogP contribution in [0.4, 0.5) is 5.82 Å². The summed E-state index contributed by atoms with van der Waals surface area (Å²) in [6, 6.07) is 5.07. The van der Waals surface area contributed by atoms with Gasteiger partial charge in [0, 0.05) is 38.4 Å². The van der Waals surface area contributed by atoms with Gasteiger partial charge in [0.2, 0.25) is 0 Å². The zero-order valence-corrected chi connectivity index (χ0v) is 11.1. The zero-order valence-electron chi connectivity index (χ0n) is 11.1. The minimum atomic E-state index is 0.758. The van der Waals surface area contributed by atoms with Crippen LogP contribution in [0.25, 0.3) is 0 Å². The molecule has 0 radical (unpaired) electrons. The van der Waals surface area contributed by atoms with Crippen LogP contribution >= 0.6 is 0 Å². The topological polar surface area (TPSA) is 31.4 Å². The standard InChI is InChI=1S/C14H22N4/c1-15-10-12-4-5-16-14(9-12)18-8-7-17-6-2-3-13(17)11-18/h4-5,9,13,15H,2-3,6-8,10-11H2,1H3. The molecular formula is C14H22N4. The lowest BCUT2D eigenvalue weighted by Crippen LogP contribution is -2.50. The van der Waals surface area contributed by atoms with Gasteiger partial charge in [-0.25, -0.2) is 4.98 Å². The Bertz CT molecular complexity index is 407. The van der Waals surface area contributed by atoms with Gasteiger partial charge < -0.3 is 10.2 Å². The van der Waals surface area contributed by atoms with E-state index < -0.39 is 0 Å². The number of aromatic nitrogens is 1. The number of hydrogen-bond donors (Lipinski definition) is 1. The lowest BCUT2D eigenvalue weighted by molar-refractivity contribution is 0.230. The fourth-order valence-electron chi connectivity index (χ4n) is 3.15. The van der Waals surface area contributed by atoms with E-state index in [0.29, 0.717) is 0 Å². The quantitative estimate of drug-likeness (QED) is 0.865. The summed E-state index contributed by atoms with van der Waals surface area (Å²) in [5.74, 6) is 1.15. The second kappa shape index (κ2) is 5.24. The number of anilines is 1. The van der Waals surface area contributed by atoms with E-state index in [1.807, 2.05) is 13.2 Å². The molecule has 98 valence electrons. The molecule has 0 spiro atoms. The Hall–Kier alpha value is -1.13. The smallest absolute Gasteiger partial charge is 0.128 e. The van der Waals surface area contributed by atoms with Gasteiger partial charge >= 0.3 is 0 Å². The van der Waals surface area contributed by atoms with Gasteiger partial charge in [0.05, 0.1) is 0 Å². The third-order valence-electron chi connectivity index (χ3n) is 4.10. The van der Waals surface area contributed by atoms with E-state index in [4.69, 9.17) is 0 Å². The Balaban J connectivity index is 1.72. The van der Waals surface area contributed by atoms with Crippen molar-refractivity contribution in [3.8, 4) is 0 Å². The number of nitrogens with zero attached hydrogens (tertiary/aromatic N) is 3. The largest absolute Gasteiger partial charge is 0.354 e. The van der Waals surface area contributed by atoms with Crippen molar-refractivity contribution >= 4 is 5.82 Å². The van der Waals surface area contributed by atoms with E-state index in [1.165, 1.54) is 31.5 Å². The molecule has 1 atom stereocenters. The Morgan fingerprint density at radius 2 is 2.33 bits per heavy atom. The van der Waals surface area contributed by atoms with E-state index in [1.54, 1.807) is 0 Å². The van der Waals surface area contributed by atoms with Gasteiger partial charge in [0.15, 0.2) is 0 Å². The normalized spacial score (nSPS) is 24.3. The van der Waals surface area contributed by atoms with Crippen LogP contribution in [0.5, 0.6) is 0 Å². The Kier molecular flexibility index (Phi) is 3.48. The minimum Gasteiger partial charge on any atom is -0.354 e. The summed E-state index contributed by atoms with van der Waals surface area (Å²) >= 11 is 0. The van der Waals surface area contributed by atoms with Crippen LogP contribution < -0.4 is 10.2 Å². The minimum absolute atomic E-state index is 0.758. The predicted molar refractivity (Wildman–Crippen MR) is 73.8 cm³/mol. The summed E-state index contributed by atoms with van der Waals surface area (Å²) < 4.78 is 0. The second-order valence-electron chi connectivity index (χ2n) is 5.33. The summed E-state index contributed by atoms with van der Waals surface area (Å²) in [4.78, 5) is 9.62. The van der Waals surface area contributed by atoms with E-state index in [0.717, 1.165) is 31.5 Å². The first kappa shape index (κ1) is 11.9. The SMILES string of the molecule is CNCc1ccnc(N2CCN3CCCC3C2)c1. The molecule has 4 heteroatoms. The third kappa shape index (κ3) is 2.35. The van der Waals surface area contributed by atoms with Gasteiger partial charge in [0.1, 0.15) is 5.82 Å². The highest BCUT2D eigenvalue weighted by Gasteiger charge is 2.30. The second-order valence-corrected chi connectivity index (χ2v) is 5.33. The van der Waals surface area contributed by atoms with Crippen LogP contribution in [-0.4, -0.2) is 49.2 Å². The molecule has 3 heterocycles. The number of piperazine rings is 1. The molecule has 2 fully saturated rings. The Morgan fingerprint density at radius 1 is 1.39 bits per heavy atom. The average molecular weight is 246 g/mol. The summed E-state index contributed by atoms with van der Waals surface area (Å²) in [6.07, 6.45) is 4.65. The van der Waals surface area contributed by atoms with E-state index in [-0.39, 0.29) is 0 Å². The molecule has 0 aromatic carbocycles. The van der Waals surface area contributed by atoms with E-state index in [2.05, 4.69) is 32.2 Å². The number of nitrogens with one attached hydrogen (secondary N) is 1. The van der Waals surface area contributed by atoms with E-state index in [9.17, 15) is 0 Å². The molecule has 2 aliphatic rings. The number of fused-ring (bicyclic) bond motifs is 1. The van der Waals surface area contributed by atoms with Crippen molar-refractivity contribution in [1.82, 2.24) is 15.2 Å². The first-order valence-electron chi connectivity index (χ1n) is 6.95. The maximum Gasteiger partial charge on any atom is 0.128 e. The molecular weight excluding hydrogens is 224 g/mol. The molecule has 0 bridgehead atoms. The molecule has 3 rings (SSSR count). The predicted octanol–water partition coefficient (Wildman–Crippen LogP) is 1.09. The molecule has 1 unspecified atom stereocenters. The molecule has 2 saturated heterocycles. The maximum absolute atomic E-state index is 4.54. The fourth-order valence-corrected chi connectivity index (χ4v) is 3.15. The molecule has 0 aliphatic carbocycles. The monoisotopic (exact) mass is 246 g/mol. The molecule has 1 aromatic rings. The highest BCUT2D eigenvalue weighted by atomic mass is 15.3. The van der Waals surface area contributed by atoms with Crippen molar-refractivity contribution in [3.63, 3.8) is 0 Å². The summed E-state index contributed by atoms with van der Waals surface area (Å²) in [5.41, 5.74) is 1.32. The first-order chi connectivity index (χ1) is 8.86. The fraction of sp³-hybridized carbons (Fsp3) is 0.643. The van der Waals surface area contributed by atoms with Crippen LogP contribution in [-0.2, 0) is 6.54 Å². The van der Waals surface area contributed by atoms with Gasteiger partial charge in [-0.1, -0.05) is 0 Å². The average Bonchev–Trinajstić information content (AvgIpc) is 2.86. The van der Waals surface area contributed by atoms with Gasteiger partial charge in [-0.3, -0.25) is 4.90 Å². The van der Waals surface area contributed by atoms with Gasteiger partial charge in [0.25, 0.3) is 0 Å². The van der Waals surface area contributed by atoms with Gasteiger partial charge in [-0.05, 0) is 44.1 Å². The van der Waals surface area contributed by atoms with Gasteiger partial charge in [-0.15, -0.1) is 0 Å². The number of rotatable bonds is 3. The summed E-state index contributed by atoms with van der Waals surface area (Å²) in [5, 5.41) is 3.20. The van der Waals surface area contributed by atoms with Crippen LogP contribution in [0.15, 0.2) is 18.3 Å². The maximum atomic E-state index is 4.54. The molecule has 2 aliphatic heterocycles. The third-order valence-corrected chi connectivity index (χ3v) is 4.10. The summed E-state index contributed by atoms with van der Waals surface area (Å²) in [7, 11) is 1.98. The lowest BCUT2D eigenvalue weighted by atomic mass is 10.1. The molecule has 1 N–H and O–H groups in total. The number of hydrogen-bond acceptors (Lipinski definition) is 4. The van der Waals surface area contributed by atoms with Crippen molar-refractivity contribution in [2.45, 2.75) is 25.4 Å². The molecule has 1 aromatic heterocycles. The summed E-state index contributed by atoms with van der Waals surface area (Å²) in [6.45, 7) is 5.68. The van der Waals surface area contributed by atoms with Crippen molar-refractivity contribution in [1.29, 1.82) is 0 Å². The zero-order chi connectivity index (χ0) is 12.4. The molecule has 4 nitrogen and oxygen atoms in total. The Labute approximate surface area is 109 Å². The lowest BCUT2D eigenvalue weighted by Gasteiger charge is -2.38. The number of pyridine rings is 1.